The van der Waals surface area contributed by atoms with Crippen LogP contribution in [0.25, 0.3) is 20.9 Å². The monoisotopic (exact) mass is 496 g/mol. The third kappa shape index (κ3) is 6.57. The van der Waals surface area contributed by atoms with Gasteiger partial charge >= 0.3 is 0 Å². The van der Waals surface area contributed by atoms with Crippen molar-refractivity contribution in [2.24, 2.45) is 0 Å². The summed E-state index contributed by atoms with van der Waals surface area (Å²) >= 11 is 2.10. The van der Waals surface area contributed by atoms with Crippen LogP contribution in [-0.4, -0.2) is 24.6 Å². The third-order valence-electron chi connectivity index (χ3n) is 6.09. The predicted molar refractivity (Wildman–Crippen MR) is 158 cm³/mol. The molecular weight excluding hydrogens is 454 g/mol. The Bertz CT molecular complexity index is 893. The van der Waals surface area contributed by atoms with E-state index in [4.69, 9.17) is 0 Å². The molecule has 3 heteroatoms. The lowest BCUT2D eigenvalue weighted by molar-refractivity contribution is 1.06. The summed E-state index contributed by atoms with van der Waals surface area (Å²) in [6.07, 6.45) is 10.6. The summed E-state index contributed by atoms with van der Waals surface area (Å²) in [6.45, 7) is 13.9. The molecule has 0 spiro atoms. The number of benzene rings is 2. The molecule has 0 bridgehead atoms. The molecule has 3 aromatic rings. The minimum atomic E-state index is -0.132. The van der Waals surface area contributed by atoms with Gasteiger partial charge in [-0.1, -0.05) is 129 Å². The van der Waals surface area contributed by atoms with Crippen molar-refractivity contribution in [3.63, 3.8) is 0 Å². The Labute approximate surface area is 209 Å². The molecule has 0 aliphatic carbocycles. The minimum Gasteiger partial charge on any atom is -0.134 e. The number of hydrogen-bond donors (Lipinski definition) is 0. The number of rotatable bonds is 12. The fraction of sp³-hybridized carbons (Fsp3) is 0.467. The van der Waals surface area contributed by atoms with Crippen LogP contribution in [-0.2, 0) is 0 Å². The quantitative estimate of drug-likeness (QED) is 0.219. The second kappa shape index (κ2) is 13.2. The SMILES string of the molecule is CCCP(CCC)c1c(-c2ccc(C)cc2)sc(-c2ccc(C)cc2)c1P(CCC)CCC. The Morgan fingerprint density at radius 1 is 0.515 bits per heavy atom. The highest BCUT2D eigenvalue weighted by atomic mass is 32.1. The maximum absolute atomic E-state index is 2.38. The van der Waals surface area contributed by atoms with E-state index < -0.39 is 0 Å². The number of hydrogen-bond acceptors (Lipinski definition) is 1. The lowest BCUT2D eigenvalue weighted by Crippen LogP contribution is -2.25. The van der Waals surface area contributed by atoms with Crippen molar-refractivity contribution in [3.05, 3.63) is 59.7 Å². The molecule has 0 saturated carbocycles. The molecule has 0 saturated heterocycles. The molecule has 3 rings (SSSR count). The predicted octanol–water partition coefficient (Wildman–Crippen LogP) is 9.55. The van der Waals surface area contributed by atoms with Crippen LogP contribution in [0.1, 0.15) is 64.5 Å². The molecule has 0 unspecified atom stereocenters. The molecule has 1 aromatic heterocycles. The fourth-order valence-electron chi connectivity index (χ4n) is 4.55. The largest absolute Gasteiger partial charge is 0.134 e. The Balaban J connectivity index is 2.34. The highest BCUT2D eigenvalue weighted by Crippen LogP contribution is 2.50. The highest BCUT2D eigenvalue weighted by Gasteiger charge is 2.29. The summed E-state index contributed by atoms with van der Waals surface area (Å²) in [6, 6.07) is 18.7. The number of thiophene rings is 1. The molecular formula is C30H42P2S. The number of aryl methyl sites for hydroxylation is 2. The molecule has 178 valence electrons. The van der Waals surface area contributed by atoms with Crippen LogP contribution in [0.5, 0.6) is 0 Å². The van der Waals surface area contributed by atoms with Gasteiger partial charge in [-0.25, -0.2) is 0 Å². The Hall–Kier alpha value is -1.000. The van der Waals surface area contributed by atoms with Gasteiger partial charge < -0.3 is 0 Å². The van der Waals surface area contributed by atoms with Crippen molar-refractivity contribution < 1.29 is 0 Å². The lowest BCUT2D eigenvalue weighted by atomic mass is 10.1. The molecule has 0 radical (unpaired) electrons. The van der Waals surface area contributed by atoms with Crippen LogP contribution in [0.15, 0.2) is 48.5 Å². The van der Waals surface area contributed by atoms with Gasteiger partial charge in [0.1, 0.15) is 0 Å². The van der Waals surface area contributed by atoms with Crippen molar-refractivity contribution in [2.75, 3.05) is 24.6 Å². The van der Waals surface area contributed by atoms with E-state index in [0.29, 0.717) is 0 Å². The molecule has 0 aliphatic heterocycles. The van der Waals surface area contributed by atoms with Gasteiger partial charge in [0, 0.05) is 20.4 Å². The van der Waals surface area contributed by atoms with E-state index in [1.807, 2.05) is 0 Å². The maximum atomic E-state index is 2.38. The fourth-order valence-corrected chi connectivity index (χ4v) is 12.9. The Morgan fingerprint density at radius 3 is 1.09 bits per heavy atom. The smallest absolute Gasteiger partial charge is 0.0432 e. The van der Waals surface area contributed by atoms with E-state index in [9.17, 15) is 0 Å². The standard InChI is InChI=1S/C30H42P2S/c1-7-19-31(20-8-2)27-28(32(21-9-3)22-10-4)30(26-17-13-24(6)14-18-26)33-29(27)25-15-11-23(5)12-16-25/h11-18H,7-10,19-22H2,1-6H3. The zero-order valence-electron chi connectivity index (χ0n) is 21.6. The summed E-state index contributed by atoms with van der Waals surface area (Å²) in [5.74, 6) is 0. The zero-order chi connectivity index (χ0) is 23.8. The van der Waals surface area contributed by atoms with E-state index in [1.54, 1.807) is 20.4 Å². The first kappa shape index (κ1) is 26.6. The normalized spacial score (nSPS) is 11.6. The molecule has 0 fully saturated rings. The molecule has 1 heterocycles. The van der Waals surface area contributed by atoms with Crippen molar-refractivity contribution in [1.82, 2.24) is 0 Å². The Kier molecular flexibility index (Phi) is 10.6. The van der Waals surface area contributed by atoms with Gasteiger partial charge in [0.15, 0.2) is 0 Å². The van der Waals surface area contributed by atoms with E-state index >= 15 is 0 Å². The van der Waals surface area contributed by atoms with Crippen molar-refractivity contribution in [3.8, 4) is 20.9 Å². The van der Waals surface area contributed by atoms with Crippen LogP contribution in [0.4, 0.5) is 0 Å². The average molecular weight is 497 g/mol. The van der Waals surface area contributed by atoms with E-state index in [0.717, 1.165) is 0 Å². The summed E-state index contributed by atoms with van der Waals surface area (Å²) in [4.78, 5) is 3.15. The van der Waals surface area contributed by atoms with Crippen LogP contribution in [0.2, 0.25) is 0 Å². The van der Waals surface area contributed by atoms with Crippen molar-refractivity contribution in [1.29, 1.82) is 0 Å². The van der Waals surface area contributed by atoms with Gasteiger partial charge in [-0.3, -0.25) is 0 Å². The second-order valence-corrected chi connectivity index (χ2v) is 15.0. The van der Waals surface area contributed by atoms with Gasteiger partial charge in [-0.2, -0.15) is 0 Å². The molecule has 0 amide bonds. The minimum absolute atomic E-state index is 0.132. The van der Waals surface area contributed by atoms with Crippen LogP contribution < -0.4 is 10.6 Å². The highest BCUT2D eigenvalue weighted by molar-refractivity contribution is 7.73. The molecule has 0 nitrogen and oxygen atoms in total. The first-order chi connectivity index (χ1) is 16.0. The van der Waals surface area contributed by atoms with E-state index in [-0.39, 0.29) is 15.8 Å². The van der Waals surface area contributed by atoms with Gasteiger partial charge in [-0.05, 0) is 49.6 Å². The third-order valence-corrected chi connectivity index (χ3v) is 14.0. The van der Waals surface area contributed by atoms with Crippen LogP contribution in [0.3, 0.4) is 0 Å². The Morgan fingerprint density at radius 2 is 0.818 bits per heavy atom. The summed E-state index contributed by atoms with van der Waals surface area (Å²) in [5, 5.41) is 3.57. The van der Waals surface area contributed by atoms with E-state index in [2.05, 4.69) is 101 Å². The summed E-state index contributed by atoms with van der Waals surface area (Å²) in [7, 11) is -0.264. The molecule has 0 atom stereocenters. The first-order valence-corrected chi connectivity index (χ1v) is 17.1. The van der Waals surface area contributed by atoms with Crippen LogP contribution in [0, 0.1) is 13.8 Å². The van der Waals surface area contributed by atoms with Crippen molar-refractivity contribution in [2.45, 2.75) is 67.2 Å². The van der Waals surface area contributed by atoms with E-state index in [1.165, 1.54) is 72.6 Å². The second-order valence-electron chi connectivity index (χ2n) is 9.16. The summed E-state index contributed by atoms with van der Waals surface area (Å²) < 4.78 is 0. The van der Waals surface area contributed by atoms with Gasteiger partial charge in [0.25, 0.3) is 0 Å². The summed E-state index contributed by atoms with van der Waals surface area (Å²) in [5.41, 5.74) is 5.56. The maximum Gasteiger partial charge on any atom is 0.0432 e. The van der Waals surface area contributed by atoms with Gasteiger partial charge in [0.2, 0.25) is 0 Å². The van der Waals surface area contributed by atoms with Gasteiger partial charge in [-0.15, -0.1) is 11.3 Å². The molecule has 33 heavy (non-hydrogen) atoms. The molecule has 0 N–H and O–H groups in total. The average Bonchev–Trinajstić information content (AvgIpc) is 3.20. The molecule has 0 aliphatic rings. The first-order valence-electron chi connectivity index (χ1n) is 12.8. The lowest BCUT2D eigenvalue weighted by Gasteiger charge is -2.25. The zero-order valence-corrected chi connectivity index (χ0v) is 24.2. The van der Waals surface area contributed by atoms with Crippen molar-refractivity contribution >= 4 is 37.8 Å². The van der Waals surface area contributed by atoms with Crippen LogP contribution >= 0.6 is 27.2 Å². The van der Waals surface area contributed by atoms with Gasteiger partial charge in [0.05, 0.1) is 0 Å². The molecule has 2 aromatic carbocycles. The topological polar surface area (TPSA) is 0 Å².